The average molecular weight is 317 g/mol. The van der Waals surface area contributed by atoms with Crippen LogP contribution in [0.25, 0.3) is 0 Å². The SMILES string of the molecule is O=C(Nc1ccc(N2CCCC2)cc1)c1cc(Cl)ccc1O. The van der Waals surface area contributed by atoms with Crippen LogP contribution < -0.4 is 10.2 Å². The number of rotatable bonds is 3. The summed E-state index contributed by atoms with van der Waals surface area (Å²) in [6.07, 6.45) is 2.46. The van der Waals surface area contributed by atoms with Gasteiger partial charge in [0.2, 0.25) is 0 Å². The van der Waals surface area contributed by atoms with Gasteiger partial charge in [0, 0.05) is 29.5 Å². The van der Waals surface area contributed by atoms with Gasteiger partial charge in [-0.2, -0.15) is 0 Å². The van der Waals surface area contributed by atoms with Gasteiger partial charge in [0.1, 0.15) is 5.75 Å². The number of nitrogens with zero attached hydrogens (tertiary/aromatic N) is 1. The summed E-state index contributed by atoms with van der Waals surface area (Å²) in [6, 6.07) is 12.1. The minimum atomic E-state index is -0.381. The first-order valence-electron chi connectivity index (χ1n) is 7.28. The average Bonchev–Trinajstić information content (AvgIpc) is 3.05. The van der Waals surface area contributed by atoms with Crippen molar-refractivity contribution < 1.29 is 9.90 Å². The van der Waals surface area contributed by atoms with Crippen molar-refractivity contribution in [2.45, 2.75) is 12.8 Å². The Morgan fingerprint density at radius 2 is 1.77 bits per heavy atom. The van der Waals surface area contributed by atoms with E-state index in [1.165, 1.54) is 30.7 Å². The van der Waals surface area contributed by atoms with Crippen LogP contribution in [-0.2, 0) is 0 Å². The molecule has 0 aliphatic carbocycles. The molecule has 0 radical (unpaired) electrons. The summed E-state index contributed by atoms with van der Waals surface area (Å²) in [4.78, 5) is 14.5. The zero-order valence-corrected chi connectivity index (χ0v) is 12.8. The highest BCUT2D eigenvalue weighted by atomic mass is 35.5. The number of phenols is 1. The Hall–Kier alpha value is -2.20. The van der Waals surface area contributed by atoms with E-state index in [1.807, 2.05) is 24.3 Å². The molecule has 22 heavy (non-hydrogen) atoms. The number of halogens is 1. The van der Waals surface area contributed by atoms with Gasteiger partial charge in [-0.15, -0.1) is 0 Å². The molecule has 5 heteroatoms. The van der Waals surface area contributed by atoms with Crippen molar-refractivity contribution in [1.29, 1.82) is 0 Å². The molecule has 0 spiro atoms. The number of aromatic hydroxyl groups is 1. The predicted molar refractivity (Wildman–Crippen MR) is 89.0 cm³/mol. The topological polar surface area (TPSA) is 52.6 Å². The van der Waals surface area contributed by atoms with Crippen molar-refractivity contribution in [3.05, 3.63) is 53.1 Å². The second-order valence-electron chi connectivity index (χ2n) is 5.36. The van der Waals surface area contributed by atoms with Gasteiger partial charge in [0.25, 0.3) is 5.91 Å². The molecule has 0 unspecified atom stereocenters. The number of hydrogen-bond donors (Lipinski definition) is 2. The molecule has 0 saturated carbocycles. The van der Waals surface area contributed by atoms with E-state index < -0.39 is 0 Å². The molecule has 114 valence electrons. The van der Waals surface area contributed by atoms with Crippen LogP contribution >= 0.6 is 11.6 Å². The van der Waals surface area contributed by atoms with Crippen LogP contribution in [-0.4, -0.2) is 24.1 Å². The fraction of sp³-hybridized carbons (Fsp3) is 0.235. The standard InChI is InChI=1S/C17H17ClN2O2/c18-12-3-8-16(21)15(11-12)17(22)19-13-4-6-14(7-5-13)20-9-1-2-10-20/h3-8,11,21H,1-2,9-10H2,(H,19,22). The lowest BCUT2D eigenvalue weighted by molar-refractivity contribution is 0.102. The van der Waals surface area contributed by atoms with E-state index in [1.54, 1.807) is 6.07 Å². The van der Waals surface area contributed by atoms with Gasteiger partial charge in [-0.25, -0.2) is 0 Å². The highest BCUT2D eigenvalue weighted by Crippen LogP contribution is 2.24. The maximum atomic E-state index is 12.2. The van der Waals surface area contributed by atoms with Gasteiger partial charge in [-0.1, -0.05) is 11.6 Å². The van der Waals surface area contributed by atoms with Crippen LogP contribution in [0.5, 0.6) is 5.75 Å². The van der Waals surface area contributed by atoms with E-state index in [-0.39, 0.29) is 17.2 Å². The molecule has 2 aromatic carbocycles. The zero-order chi connectivity index (χ0) is 15.5. The quantitative estimate of drug-likeness (QED) is 0.903. The first kappa shape index (κ1) is 14.7. The summed E-state index contributed by atoms with van der Waals surface area (Å²) in [5.41, 5.74) is 2.02. The van der Waals surface area contributed by atoms with Crippen LogP contribution in [0.1, 0.15) is 23.2 Å². The molecular weight excluding hydrogens is 300 g/mol. The minimum Gasteiger partial charge on any atom is -0.507 e. The summed E-state index contributed by atoms with van der Waals surface area (Å²) >= 11 is 5.86. The third-order valence-electron chi connectivity index (χ3n) is 3.80. The van der Waals surface area contributed by atoms with Crippen molar-refractivity contribution in [3.8, 4) is 5.75 Å². The second-order valence-corrected chi connectivity index (χ2v) is 5.79. The van der Waals surface area contributed by atoms with Crippen LogP contribution in [0.15, 0.2) is 42.5 Å². The summed E-state index contributed by atoms with van der Waals surface area (Å²) in [5.74, 6) is -0.468. The molecule has 2 aromatic rings. The third-order valence-corrected chi connectivity index (χ3v) is 4.03. The van der Waals surface area contributed by atoms with Crippen molar-refractivity contribution in [1.82, 2.24) is 0 Å². The molecule has 1 saturated heterocycles. The molecule has 3 rings (SSSR count). The lowest BCUT2D eigenvalue weighted by atomic mass is 10.2. The Morgan fingerprint density at radius 3 is 2.45 bits per heavy atom. The van der Waals surface area contributed by atoms with Crippen molar-refractivity contribution in [2.75, 3.05) is 23.3 Å². The number of carbonyl (C=O) groups is 1. The molecular formula is C17H17ClN2O2. The molecule has 0 aromatic heterocycles. The highest BCUT2D eigenvalue weighted by Gasteiger charge is 2.14. The summed E-state index contributed by atoms with van der Waals surface area (Å²) in [6.45, 7) is 2.17. The summed E-state index contributed by atoms with van der Waals surface area (Å²) in [7, 11) is 0. The Morgan fingerprint density at radius 1 is 1.09 bits per heavy atom. The molecule has 4 nitrogen and oxygen atoms in total. The normalized spacial score (nSPS) is 14.1. The van der Waals surface area contributed by atoms with Crippen molar-refractivity contribution in [3.63, 3.8) is 0 Å². The number of benzene rings is 2. The Bertz CT molecular complexity index is 680. The molecule has 1 amide bonds. The zero-order valence-electron chi connectivity index (χ0n) is 12.1. The first-order chi connectivity index (χ1) is 10.6. The predicted octanol–water partition coefficient (Wildman–Crippen LogP) is 3.90. The van der Waals surface area contributed by atoms with Gasteiger partial charge in [-0.3, -0.25) is 4.79 Å². The maximum absolute atomic E-state index is 12.2. The lowest BCUT2D eigenvalue weighted by Gasteiger charge is -2.17. The molecule has 2 N–H and O–H groups in total. The van der Waals surface area contributed by atoms with Crippen LogP contribution in [0.4, 0.5) is 11.4 Å². The van der Waals surface area contributed by atoms with Gasteiger partial charge in [0.15, 0.2) is 0 Å². The van der Waals surface area contributed by atoms with E-state index >= 15 is 0 Å². The van der Waals surface area contributed by atoms with Gasteiger partial charge in [-0.05, 0) is 55.3 Å². The Labute approximate surface area is 134 Å². The lowest BCUT2D eigenvalue weighted by Crippen LogP contribution is -2.17. The number of nitrogens with one attached hydrogen (secondary N) is 1. The molecule has 1 aliphatic rings. The molecule has 1 aliphatic heterocycles. The third kappa shape index (κ3) is 3.17. The Balaban J connectivity index is 1.72. The smallest absolute Gasteiger partial charge is 0.259 e. The first-order valence-corrected chi connectivity index (χ1v) is 7.66. The molecule has 1 fully saturated rings. The van der Waals surface area contributed by atoms with Crippen LogP contribution in [0.3, 0.4) is 0 Å². The van der Waals surface area contributed by atoms with Gasteiger partial charge in [0.05, 0.1) is 5.56 Å². The van der Waals surface area contributed by atoms with E-state index in [9.17, 15) is 9.90 Å². The minimum absolute atomic E-state index is 0.0874. The van der Waals surface area contributed by atoms with Crippen molar-refractivity contribution in [2.24, 2.45) is 0 Å². The van der Waals surface area contributed by atoms with E-state index in [0.29, 0.717) is 10.7 Å². The maximum Gasteiger partial charge on any atom is 0.259 e. The Kier molecular flexibility index (Phi) is 4.20. The van der Waals surface area contributed by atoms with E-state index in [2.05, 4.69) is 10.2 Å². The fourth-order valence-corrected chi connectivity index (χ4v) is 2.79. The number of phenolic OH excluding ortho intramolecular Hbond substituents is 1. The number of carbonyl (C=O) groups excluding carboxylic acids is 1. The second kappa shape index (κ2) is 6.28. The van der Waals surface area contributed by atoms with Gasteiger partial charge < -0.3 is 15.3 Å². The summed E-state index contributed by atoms with van der Waals surface area (Å²) < 4.78 is 0. The molecule has 0 atom stereocenters. The summed E-state index contributed by atoms with van der Waals surface area (Å²) in [5, 5.41) is 12.9. The van der Waals surface area contributed by atoms with Crippen LogP contribution in [0.2, 0.25) is 5.02 Å². The highest BCUT2D eigenvalue weighted by molar-refractivity contribution is 6.31. The van der Waals surface area contributed by atoms with Gasteiger partial charge >= 0.3 is 0 Å². The monoisotopic (exact) mass is 316 g/mol. The number of anilines is 2. The largest absolute Gasteiger partial charge is 0.507 e. The molecule has 1 heterocycles. The number of amides is 1. The van der Waals surface area contributed by atoms with Crippen LogP contribution in [0, 0.1) is 0 Å². The van der Waals surface area contributed by atoms with Crippen molar-refractivity contribution >= 4 is 28.9 Å². The number of hydrogen-bond acceptors (Lipinski definition) is 3. The van der Waals surface area contributed by atoms with E-state index in [4.69, 9.17) is 11.6 Å². The fourth-order valence-electron chi connectivity index (χ4n) is 2.62. The molecule has 0 bridgehead atoms. The van der Waals surface area contributed by atoms with E-state index in [0.717, 1.165) is 13.1 Å².